The van der Waals surface area contributed by atoms with E-state index < -0.39 is 29.4 Å². The van der Waals surface area contributed by atoms with Crippen LogP contribution in [0, 0.1) is 18.3 Å². The Morgan fingerprint density at radius 3 is 2.23 bits per heavy atom. The molecule has 4 nitrogen and oxygen atoms in total. The van der Waals surface area contributed by atoms with E-state index >= 15 is 0 Å². The second kappa shape index (κ2) is 9.17. The lowest BCUT2D eigenvalue weighted by Gasteiger charge is -2.31. The van der Waals surface area contributed by atoms with E-state index in [9.17, 15) is 40.8 Å². The van der Waals surface area contributed by atoms with Crippen molar-refractivity contribution in [3.8, 4) is 11.8 Å². The standard InChI is InChI=1S/C24H18F7N3O/c1-3-15-10-18(22(25,23(26,27)28)24(29,30)31)9-14(2)19(15)12-21(35)16-5-6-17(13-32)20(11-16)34-8-4-7-33-34/h4-11H,3,12H2,1-2H3. The molecule has 0 amide bonds. The number of aryl methyl sites for hydroxylation is 2. The van der Waals surface area contributed by atoms with Gasteiger partial charge in [-0.2, -0.15) is 36.7 Å². The van der Waals surface area contributed by atoms with Crippen LogP contribution in [0.4, 0.5) is 30.7 Å². The summed E-state index contributed by atoms with van der Waals surface area (Å²) in [7, 11) is 0. The molecule has 0 unspecified atom stereocenters. The van der Waals surface area contributed by atoms with Gasteiger partial charge < -0.3 is 0 Å². The van der Waals surface area contributed by atoms with Crippen molar-refractivity contribution in [3.63, 3.8) is 0 Å². The van der Waals surface area contributed by atoms with E-state index in [2.05, 4.69) is 5.10 Å². The molecule has 2 aromatic carbocycles. The Balaban J connectivity index is 2.04. The maximum absolute atomic E-state index is 14.6. The summed E-state index contributed by atoms with van der Waals surface area (Å²) in [6.07, 6.45) is -9.81. The Hall–Kier alpha value is -3.68. The first-order chi connectivity index (χ1) is 16.2. The number of benzene rings is 2. The molecule has 3 aromatic rings. The molecule has 11 heteroatoms. The number of carbonyl (C=O) groups excluding carboxylic acids is 1. The normalized spacial score (nSPS) is 12.5. The number of rotatable bonds is 6. The highest BCUT2D eigenvalue weighted by molar-refractivity contribution is 5.98. The van der Waals surface area contributed by atoms with E-state index in [-0.39, 0.29) is 40.7 Å². The average Bonchev–Trinajstić information content (AvgIpc) is 3.32. The van der Waals surface area contributed by atoms with Gasteiger partial charge in [0.2, 0.25) is 0 Å². The molecule has 0 spiro atoms. The number of alkyl halides is 7. The molecule has 0 N–H and O–H groups in total. The minimum Gasteiger partial charge on any atom is -0.294 e. The highest BCUT2D eigenvalue weighted by atomic mass is 19.4. The first-order valence-corrected chi connectivity index (χ1v) is 10.3. The SMILES string of the molecule is CCc1cc(C(F)(C(F)(F)F)C(F)(F)F)cc(C)c1CC(=O)c1ccc(C#N)c(-n2cccn2)c1. The maximum Gasteiger partial charge on any atom is 0.435 e. The van der Waals surface area contributed by atoms with Gasteiger partial charge in [-0.1, -0.05) is 19.1 Å². The van der Waals surface area contributed by atoms with Gasteiger partial charge in [0, 0.05) is 29.9 Å². The third-order valence-corrected chi connectivity index (χ3v) is 5.65. The van der Waals surface area contributed by atoms with E-state index in [1.807, 2.05) is 6.07 Å². The van der Waals surface area contributed by atoms with E-state index in [4.69, 9.17) is 0 Å². The highest BCUT2D eigenvalue weighted by Crippen LogP contribution is 2.53. The van der Waals surface area contributed by atoms with Crippen molar-refractivity contribution < 1.29 is 35.5 Å². The van der Waals surface area contributed by atoms with Gasteiger partial charge >= 0.3 is 18.0 Å². The van der Waals surface area contributed by atoms with E-state index in [0.29, 0.717) is 17.8 Å². The number of nitriles is 1. The summed E-state index contributed by atoms with van der Waals surface area (Å²) in [5, 5.41) is 13.4. The van der Waals surface area contributed by atoms with Crippen molar-refractivity contribution in [1.82, 2.24) is 9.78 Å². The Morgan fingerprint density at radius 1 is 1.06 bits per heavy atom. The Morgan fingerprint density at radius 2 is 1.71 bits per heavy atom. The molecule has 0 aliphatic carbocycles. The molecular formula is C24H18F7N3O. The van der Waals surface area contributed by atoms with Crippen LogP contribution in [0.3, 0.4) is 0 Å². The summed E-state index contributed by atoms with van der Waals surface area (Å²) in [6, 6.07) is 8.81. The van der Waals surface area contributed by atoms with Gasteiger partial charge in [0.05, 0.1) is 11.3 Å². The van der Waals surface area contributed by atoms with Gasteiger partial charge in [0.25, 0.3) is 0 Å². The molecule has 0 fully saturated rings. The summed E-state index contributed by atoms with van der Waals surface area (Å²) in [6.45, 7) is 2.71. The molecule has 184 valence electrons. The van der Waals surface area contributed by atoms with Gasteiger partial charge in [0.15, 0.2) is 5.78 Å². The van der Waals surface area contributed by atoms with Crippen LogP contribution in [0.1, 0.15) is 45.1 Å². The number of halogens is 7. The third-order valence-electron chi connectivity index (χ3n) is 5.65. The fourth-order valence-corrected chi connectivity index (χ4v) is 3.81. The fraction of sp³-hybridized carbons (Fsp3) is 0.292. The number of hydrogen-bond acceptors (Lipinski definition) is 3. The number of carbonyl (C=O) groups is 1. The highest BCUT2D eigenvalue weighted by Gasteiger charge is 2.73. The molecule has 35 heavy (non-hydrogen) atoms. The van der Waals surface area contributed by atoms with Gasteiger partial charge in [-0.3, -0.25) is 4.79 Å². The topological polar surface area (TPSA) is 58.7 Å². The largest absolute Gasteiger partial charge is 0.435 e. The first kappa shape index (κ1) is 25.9. The molecule has 0 atom stereocenters. The van der Waals surface area contributed by atoms with Crippen LogP contribution in [-0.2, 0) is 18.5 Å². The summed E-state index contributed by atoms with van der Waals surface area (Å²) in [4.78, 5) is 13.0. The van der Waals surface area contributed by atoms with Crippen LogP contribution < -0.4 is 0 Å². The molecule has 0 aliphatic rings. The van der Waals surface area contributed by atoms with Crippen molar-refractivity contribution in [2.45, 2.75) is 44.7 Å². The number of ketones is 1. The molecule has 0 saturated heterocycles. The van der Waals surface area contributed by atoms with Crippen molar-refractivity contribution in [1.29, 1.82) is 5.26 Å². The van der Waals surface area contributed by atoms with Crippen molar-refractivity contribution in [3.05, 3.63) is 82.2 Å². The smallest absolute Gasteiger partial charge is 0.294 e. The van der Waals surface area contributed by atoms with Crippen LogP contribution in [0.15, 0.2) is 48.8 Å². The monoisotopic (exact) mass is 497 g/mol. The average molecular weight is 497 g/mol. The van der Waals surface area contributed by atoms with Gasteiger partial charge in [-0.25, -0.2) is 9.07 Å². The summed E-state index contributed by atoms with van der Waals surface area (Å²) >= 11 is 0. The lowest BCUT2D eigenvalue weighted by Crippen LogP contribution is -2.50. The molecular weight excluding hydrogens is 479 g/mol. The number of nitrogens with zero attached hydrogens (tertiary/aromatic N) is 3. The zero-order chi connectivity index (χ0) is 26.2. The summed E-state index contributed by atoms with van der Waals surface area (Å²) in [5.41, 5.74) is -6.30. The van der Waals surface area contributed by atoms with Crippen LogP contribution >= 0.6 is 0 Å². The maximum atomic E-state index is 14.6. The van der Waals surface area contributed by atoms with Gasteiger partial charge in [-0.15, -0.1) is 0 Å². The predicted octanol–water partition coefficient (Wildman–Crippen LogP) is 6.33. The fourth-order valence-electron chi connectivity index (χ4n) is 3.81. The van der Waals surface area contributed by atoms with Crippen LogP contribution in [0.5, 0.6) is 0 Å². The van der Waals surface area contributed by atoms with E-state index in [1.165, 1.54) is 42.9 Å². The summed E-state index contributed by atoms with van der Waals surface area (Å²) in [5.74, 6) is -0.494. The van der Waals surface area contributed by atoms with Crippen LogP contribution in [0.25, 0.3) is 5.69 Å². The number of aromatic nitrogens is 2. The molecule has 3 rings (SSSR count). The molecule has 1 heterocycles. The van der Waals surface area contributed by atoms with E-state index in [1.54, 1.807) is 12.3 Å². The van der Waals surface area contributed by atoms with Crippen LogP contribution in [-0.4, -0.2) is 27.9 Å². The van der Waals surface area contributed by atoms with Crippen molar-refractivity contribution in [2.24, 2.45) is 0 Å². The molecule has 1 aromatic heterocycles. The first-order valence-electron chi connectivity index (χ1n) is 10.3. The Labute approximate surface area is 195 Å². The second-order valence-corrected chi connectivity index (χ2v) is 7.83. The van der Waals surface area contributed by atoms with Crippen molar-refractivity contribution in [2.75, 3.05) is 0 Å². The zero-order valence-corrected chi connectivity index (χ0v) is 18.4. The predicted molar refractivity (Wildman–Crippen MR) is 112 cm³/mol. The molecule has 0 saturated carbocycles. The Bertz CT molecular complexity index is 1270. The number of hydrogen-bond donors (Lipinski definition) is 0. The van der Waals surface area contributed by atoms with Gasteiger partial charge in [-0.05, 0) is 54.3 Å². The summed E-state index contributed by atoms with van der Waals surface area (Å²) < 4.78 is 95.3. The molecule has 0 aliphatic heterocycles. The zero-order valence-electron chi connectivity index (χ0n) is 18.4. The number of Topliss-reactive ketones (excluding diaryl/α,β-unsaturated/α-hetero) is 1. The molecule has 0 radical (unpaired) electrons. The lowest BCUT2D eigenvalue weighted by atomic mass is 9.86. The van der Waals surface area contributed by atoms with Crippen LogP contribution in [0.2, 0.25) is 0 Å². The minimum absolute atomic E-state index is 0.00943. The Kier molecular flexibility index (Phi) is 6.79. The van der Waals surface area contributed by atoms with E-state index in [0.717, 1.165) is 0 Å². The molecule has 0 bridgehead atoms. The quantitative estimate of drug-likeness (QED) is 0.296. The van der Waals surface area contributed by atoms with Crippen molar-refractivity contribution >= 4 is 5.78 Å². The van der Waals surface area contributed by atoms with Gasteiger partial charge in [0.1, 0.15) is 6.07 Å². The minimum atomic E-state index is -6.23. The second-order valence-electron chi connectivity index (χ2n) is 7.83. The third kappa shape index (κ3) is 4.65. The lowest BCUT2D eigenvalue weighted by molar-refractivity contribution is -0.348.